The summed E-state index contributed by atoms with van der Waals surface area (Å²) in [5.41, 5.74) is 1.06. The molecule has 0 radical (unpaired) electrons. The Kier molecular flexibility index (Phi) is 5.12. The van der Waals surface area contributed by atoms with Crippen molar-refractivity contribution in [2.75, 3.05) is 12.4 Å². The highest BCUT2D eigenvalue weighted by atomic mass is 79.9. The molecule has 0 aromatic heterocycles. The molecule has 0 saturated carbocycles. The van der Waals surface area contributed by atoms with Gasteiger partial charge >= 0.3 is 0 Å². The second-order valence-electron chi connectivity index (χ2n) is 4.66. The van der Waals surface area contributed by atoms with Crippen molar-refractivity contribution in [2.45, 2.75) is 38.1 Å². The average Bonchev–Trinajstić information content (AvgIpc) is 2.33. The number of rotatable bonds is 3. The predicted molar refractivity (Wildman–Crippen MR) is 80.3 cm³/mol. The fraction of sp³-hybridized carbons (Fsp3) is 0.467. The van der Waals surface area contributed by atoms with Crippen molar-refractivity contribution in [2.24, 2.45) is 0 Å². The number of benzene rings is 1. The summed E-state index contributed by atoms with van der Waals surface area (Å²) in [6.45, 7) is 0. The number of hydrogen-bond acceptors (Lipinski definition) is 2. The molecule has 1 N–H and O–H groups in total. The van der Waals surface area contributed by atoms with Gasteiger partial charge in [0.05, 0.1) is 12.8 Å². The molecule has 0 amide bonds. The second-order valence-corrected chi connectivity index (χ2v) is 5.58. The van der Waals surface area contributed by atoms with Gasteiger partial charge in [0.25, 0.3) is 0 Å². The van der Waals surface area contributed by atoms with Crippen LogP contribution in [0, 0.1) is 0 Å². The third-order valence-corrected chi connectivity index (χ3v) is 3.75. The first kappa shape index (κ1) is 13.5. The van der Waals surface area contributed by atoms with Gasteiger partial charge in [0.1, 0.15) is 5.75 Å². The SMILES string of the molecule is COc1ccc(Br)cc1NC1/C=C/CCCCC1. The molecule has 2 nitrogen and oxygen atoms in total. The molecule has 0 saturated heterocycles. The Labute approximate surface area is 118 Å². The van der Waals surface area contributed by atoms with Crippen LogP contribution in [0.1, 0.15) is 32.1 Å². The lowest BCUT2D eigenvalue weighted by atomic mass is 10.0. The van der Waals surface area contributed by atoms with Crippen molar-refractivity contribution in [3.8, 4) is 5.75 Å². The minimum Gasteiger partial charge on any atom is -0.495 e. The molecule has 1 aromatic carbocycles. The summed E-state index contributed by atoms with van der Waals surface area (Å²) >= 11 is 3.50. The Morgan fingerprint density at radius 1 is 1.28 bits per heavy atom. The molecule has 1 atom stereocenters. The van der Waals surface area contributed by atoms with Gasteiger partial charge in [0, 0.05) is 10.5 Å². The molecule has 3 heteroatoms. The molecule has 0 aliphatic heterocycles. The largest absolute Gasteiger partial charge is 0.495 e. The molecule has 1 aliphatic rings. The van der Waals surface area contributed by atoms with Gasteiger partial charge in [0.2, 0.25) is 0 Å². The maximum atomic E-state index is 5.39. The molecular weight excluding hydrogens is 290 g/mol. The molecule has 1 unspecified atom stereocenters. The monoisotopic (exact) mass is 309 g/mol. The van der Waals surface area contributed by atoms with E-state index in [1.54, 1.807) is 7.11 Å². The van der Waals surface area contributed by atoms with E-state index in [0.717, 1.165) is 15.9 Å². The van der Waals surface area contributed by atoms with Crippen LogP contribution in [0.4, 0.5) is 5.69 Å². The molecule has 1 aliphatic carbocycles. The van der Waals surface area contributed by atoms with Crippen LogP contribution in [0.5, 0.6) is 5.75 Å². The molecule has 0 spiro atoms. The smallest absolute Gasteiger partial charge is 0.142 e. The van der Waals surface area contributed by atoms with E-state index in [1.807, 2.05) is 12.1 Å². The van der Waals surface area contributed by atoms with E-state index in [9.17, 15) is 0 Å². The lowest BCUT2D eigenvalue weighted by molar-refractivity contribution is 0.416. The van der Waals surface area contributed by atoms with Gasteiger partial charge in [-0.05, 0) is 37.5 Å². The summed E-state index contributed by atoms with van der Waals surface area (Å²) in [6.07, 6.45) is 10.9. The van der Waals surface area contributed by atoms with Gasteiger partial charge < -0.3 is 10.1 Å². The summed E-state index contributed by atoms with van der Waals surface area (Å²) in [4.78, 5) is 0. The summed E-state index contributed by atoms with van der Waals surface area (Å²) in [5.74, 6) is 0.897. The van der Waals surface area contributed by atoms with E-state index in [-0.39, 0.29) is 0 Å². The van der Waals surface area contributed by atoms with Crippen molar-refractivity contribution < 1.29 is 4.74 Å². The lowest BCUT2D eigenvalue weighted by Crippen LogP contribution is -2.18. The standard InChI is InChI=1S/C15H20BrNO/c1-18-15-10-9-12(16)11-14(15)17-13-7-5-3-2-4-6-8-13/h5,7,9-11,13,17H,2-4,6,8H2,1H3/b7-5+. The van der Waals surface area contributed by atoms with E-state index < -0.39 is 0 Å². The predicted octanol–water partition coefficient (Wildman–Crippen LogP) is 4.76. The number of allylic oxidation sites excluding steroid dienone is 1. The number of methoxy groups -OCH3 is 1. The van der Waals surface area contributed by atoms with Crippen molar-refractivity contribution >= 4 is 21.6 Å². The second kappa shape index (κ2) is 6.83. The quantitative estimate of drug-likeness (QED) is 0.813. The average molecular weight is 310 g/mol. The van der Waals surface area contributed by atoms with Gasteiger partial charge in [0.15, 0.2) is 0 Å². The number of halogens is 1. The minimum atomic E-state index is 0.411. The van der Waals surface area contributed by atoms with E-state index in [4.69, 9.17) is 4.74 Å². The maximum Gasteiger partial charge on any atom is 0.142 e. The fourth-order valence-electron chi connectivity index (χ4n) is 2.27. The number of hydrogen-bond donors (Lipinski definition) is 1. The summed E-state index contributed by atoms with van der Waals surface area (Å²) in [5, 5.41) is 3.57. The zero-order chi connectivity index (χ0) is 12.8. The Morgan fingerprint density at radius 3 is 3.00 bits per heavy atom. The minimum absolute atomic E-state index is 0.411. The van der Waals surface area contributed by atoms with Gasteiger partial charge in [-0.25, -0.2) is 0 Å². The molecule has 2 rings (SSSR count). The first-order valence-corrected chi connectivity index (χ1v) is 7.35. The van der Waals surface area contributed by atoms with Gasteiger partial charge in [-0.2, -0.15) is 0 Å². The summed E-state index contributed by atoms with van der Waals surface area (Å²) in [7, 11) is 1.71. The Morgan fingerprint density at radius 2 is 2.17 bits per heavy atom. The lowest BCUT2D eigenvalue weighted by Gasteiger charge is -2.20. The highest BCUT2D eigenvalue weighted by Gasteiger charge is 2.10. The van der Waals surface area contributed by atoms with E-state index in [0.29, 0.717) is 6.04 Å². The maximum absolute atomic E-state index is 5.39. The van der Waals surface area contributed by atoms with Gasteiger partial charge in [-0.15, -0.1) is 0 Å². The third-order valence-electron chi connectivity index (χ3n) is 3.26. The van der Waals surface area contributed by atoms with Crippen LogP contribution >= 0.6 is 15.9 Å². The summed E-state index contributed by atoms with van der Waals surface area (Å²) < 4.78 is 6.46. The van der Waals surface area contributed by atoms with E-state index in [1.165, 1.54) is 32.1 Å². The molecule has 18 heavy (non-hydrogen) atoms. The van der Waals surface area contributed by atoms with Crippen LogP contribution in [-0.2, 0) is 0 Å². The van der Waals surface area contributed by atoms with Crippen LogP contribution < -0.4 is 10.1 Å². The molecular formula is C15H20BrNO. The van der Waals surface area contributed by atoms with Crippen molar-refractivity contribution in [1.29, 1.82) is 0 Å². The van der Waals surface area contributed by atoms with Crippen LogP contribution in [-0.4, -0.2) is 13.2 Å². The van der Waals surface area contributed by atoms with Crippen molar-refractivity contribution in [3.05, 3.63) is 34.8 Å². The molecule has 0 heterocycles. The van der Waals surface area contributed by atoms with Crippen LogP contribution in [0.3, 0.4) is 0 Å². The molecule has 98 valence electrons. The van der Waals surface area contributed by atoms with Crippen LogP contribution in [0.2, 0.25) is 0 Å². The molecule has 0 fully saturated rings. The highest BCUT2D eigenvalue weighted by Crippen LogP contribution is 2.29. The Hall–Kier alpha value is -0.960. The van der Waals surface area contributed by atoms with Crippen LogP contribution in [0.15, 0.2) is 34.8 Å². The zero-order valence-electron chi connectivity index (χ0n) is 10.8. The number of anilines is 1. The number of ether oxygens (including phenoxy) is 1. The Bertz CT molecular complexity index is 417. The molecule has 1 aromatic rings. The third kappa shape index (κ3) is 3.77. The topological polar surface area (TPSA) is 21.3 Å². The zero-order valence-corrected chi connectivity index (χ0v) is 12.4. The highest BCUT2D eigenvalue weighted by molar-refractivity contribution is 9.10. The first-order valence-electron chi connectivity index (χ1n) is 6.56. The van der Waals surface area contributed by atoms with Crippen LogP contribution in [0.25, 0.3) is 0 Å². The van der Waals surface area contributed by atoms with Gasteiger partial charge in [-0.3, -0.25) is 0 Å². The van der Waals surface area contributed by atoms with E-state index in [2.05, 4.69) is 39.5 Å². The normalized spacial score (nSPS) is 21.8. The Balaban J connectivity index is 2.11. The fourth-order valence-corrected chi connectivity index (χ4v) is 2.63. The van der Waals surface area contributed by atoms with E-state index >= 15 is 0 Å². The first-order chi connectivity index (χ1) is 8.79. The van der Waals surface area contributed by atoms with Gasteiger partial charge in [-0.1, -0.05) is 40.9 Å². The molecule has 0 bridgehead atoms. The van der Waals surface area contributed by atoms with Crippen molar-refractivity contribution in [1.82, 2.24) is 0 Å². The van der Waals surface area contributed by atoms with Crippen molar-refractivity contribution in [3.63, 3.8) is 0 Å². The summed E-state index contributed by atoms with van der Waals surface area (Å²) in [6, 6.07) is 6.47. The number of nitrogens with one attached hydrogen (secondary N) is 1.